The van der Waals surface area contributed by atoms with Crippen molar-refractivity contribution < 1.29 is 9.41 Å². The molecular formula is C10H19N4O2+. The second kappa shape index (κ2) is 4.21. The summed E-state index contributed by atoms with van der Waals surface area (Å²) in [5, 5.41) is 10.8. The molecule has 0 saturated heterocycles. The molecule has 0 bridgehead atoms. The number of quaternary nitrogens is 1. The van der Waals surface area contributed by atoms with E-state index in [-0.39, 0.29) is 5.82 Å². The molecule has 0 amide bonds. The monoisotopic (exact) mass is 227 g/mol. The van der Waals surface area contributed by atoms with Gasteiger partial charge in [-0.25, -0.2) is 0 Å². The molecule has 0 radical (unpaired) electrons. The van der Waals surface area contributed by atoms with E-state index < -0.39 is 4.92 Å². The molecule has 0 fully saturated rings. The van der Waals surface area contributed by atoms with Crippen molar-refractivity contribution >= 4 is 5.82 Å². The first-order valence-corrected chi connectivity index (χ1v) is 5.23. The number of aromatic nitrogens is 2. The van der Waals surface area contributed by atoms with Gasteiger partial charge in [0.05, 0.1) is 20.1 Å². The molecule has 0 aromatic carbocycles. The Morgan fingerprint density at radius 2 is 2.12 bits per heavy atom. The van der Waals surface area contributed by atoms with Crippen LogP contribution >= 0.6 is 0 Å². The quantitative estimate of drug-likeness (QED) is 0.442. The molecule has 0 unspecified atom stereocenters. The van der Waals surface area contributed by atoms with Crippen LogP contribution in [0.5, 0.6) is 0 Å². The number of aryl methyl sites for hydroxylation is 1. The molecule has 6 nitrogen and oxygen atoms in total. The van der Waals surface area contributed by atoms with Crippen molar-refractivity contribution in [3.8, 4) is 0 Å². The van der Waals surface area contributed by atoms with E-state index >= 15 is 0 Å². The third kappa shape index (κ3) is 2.38. The Morgan fingerprint density at radius 1 is 1.56 bits per heavy atom. The summed E-state index contributed by atoms with van der Waals surface area (Å²) in [5.74, 6) is -0.0330. The zero-order chi connectivity index (χ0) is 12.5. The fourth-order valence-corrected chi connectivity index (χ4v) is 1.35. The van der Waals surface area contributed by atoms with Gasteiger partial charge in [-0.2, -0.15) is 0 Å². The first-order valence-electron chi connectivity index (χ1n) is 5.23. The van der Waals surface area contributed by atoms with E-state index in [1.807, 2.05) is 0 Å². The maximum Gasteiger partial charge on any atom is 0.390 e. The maximum atomic E-state index is 10.8. The van der Waals surface area contributed by atoms with E-state index in [4.69, 9.17) is 0 Å². The molecule has 1 heterocycles. The third-order valence-electron chi connectivity index (χ3n) is 3.17. The molecule has 1 rings (SSSR count). The van der Waals surface area contributed by atoms with E-state index in [9.17, 15) is 10.1 Å². The molecule has 0 atom stereocenters. The number of hydrogen-bond acceptors (Lipinski definition) is 3. The molecule has 0 saturated carbocycles. The molecule has 6 heteroatoms. The first-order chi connectivity index (χ1) is 7.25. The molecule has 90 valence electrons. The van der Waals surface area contributed by atoms with E-state index in [2.05, 4.69) is 32.9 Å². The van der Waals surface area contributed by atoms with Gasteiger partial charge in [0, 0.05) is 7.05 Å². The Kier molecular flexibility index (Phi) is 3.32. The number of imidazole rings is 1. The van der Waals surface area contributed by atoms with Crippen LogP contribution in [0.15, 0.2) is 6.33 Å². The molecule has 0 aliphatic rings. The molecule has 0 aliphatic carbocycles. The minimum Gasteiger partial charge on any atom is -0.358 e. The lowest BCUT2D eigenvalue weighted by atomic mass is 10.2. The Bertz CT molecular complexity index is 396. The topological polar surface area (TPSA) is 61.0 Å². The Morgan fingerprint density at radius 3 is 2.56 bits per heavy atom. The van der Waals surface area contributed by atoms with Gasteiger partial charge >= 0.3 is 5.82 Å². The summed E-state index contributed by atoms with van der Waals surface area (Å²) in [7, 11) is 5.90. The zero-order valence-corrected chi connectivity index (χ0v) is 10.5. The fourth-order valence-electron chi connectivity index (χ4n) is 1.35. The summed E-state index contributed by atoms with van der Waals surface area (Å²) in [6.45, 7) is 4.80. The summed E-state index contributed by atoms with van der Waals surface area (Å²) in [6.07, 6.45) is 1.49. The van der Waals surface area contributed by atoms with Gasteiger partial charge in [-0.05, 0) is 23.8 Å². The van der Waals surface area contributed by atoms with Crippen LogP contribution < -0.4 is 0 Å². The van der Waals surface area contributed by atoms with Gasteiger partial charge in [-0.15, -0.1) is 0 Å². The van der Waals surface area contributed by atoms with Crippen LogP contribution in [0.3, 0.4) is 0 Å². The van der Waals surface area contributed by atoms with Gasteiger partial charge in [0.1, 0.15) is 6.54 Å². The number of hydrogen-bond donors (Lipinski definition) is 0. The summed E-state index contributed by atoms with van der Waals surface area (Å²) in [6, 6.07) is 0.398. The average Bonchev–Trinajstić information content (AvgIpc) is 2.47. The van der Waals surface area contributed by atoms with Gasteiger partial charge < -0.3 is 19.2 Å². The van der Waals surface area contributed by atoms with Crippen LogP contribution in [0.1, 0.15) is 19.5 Å². The molecule has 1 aromatic rings. The lowest BCUT2D eigenvalue weighted by Gasteiger charge is -2.33. The molecular weight excluding hydrogens is 208 g/mol. The predicted molar refractivity (Wildman–Crippen MR) is 60.8 cm³/mol. The van der Waals surface area contributed by atoms with Crippen LogP contribution in [0.25, 0.3) is 0 Å². The highest BCUT2D eigenvalue weighted by atomic mass is 16.6. The summed E-state index contributed by atoms with van der Waals surface area (Å²) >= 11 is 0. The smallest absolute Gasteiger partial charge is 0.358 e. The van der Waals surface area contributed by atoms with Gasteiger partial charge in [-0.1, -0.05) is 0 Å². The van der Waals surface area contributed by atoms with Crippen molar-refractivity contribution in [2.45, 2.75) is 26.4 Å². The van der Waals surface area contributed by atoms with Crippen LogP contribution in [0.2, 0.25) is 0 Å². The minimum atomic E-state index is -0.421. The van der Waals surface area contributed by atoms with Crippen LogP contribution in [0.4, 0.5) is 5.82 Å². The Balaban J connectivity index is 3.05. The van der Waals surface area contributed by atoms with Gasteiger partial charge in [0.25, 0.3) is 0 Å². The summed E-state index contributed by atoms with van der Waals surface area (Å²) in [5.41, 5.74) is 0.670. The lowest BCUT2D eigenvalue weighted by Crippen LogP contribution is -2.45. The second-order valence-electron chi connectivity index (χ2n) is 4.91. The average molecular weight is 227 g/mol. The standard InChI is InChI=1S/C10H19N4O2/c1-8(2)14(4,5)6-9-10(13(15)16)11-7-12(9)3/h7-8H,6H2,1-5H3/q+1. The van der Waals surface area contributed by atoms with Crippen molar-refractivity contribution in [3.05, 3.63) is 22.1 Å². The van der Waals surface area contributed by atoms with E-state index in [1.165, 1.54) is 6.33 Å². The summed E-state index contributed by atoms with van der Waals surface area (Å²) in [4.78, 5) is 14.2. The van der Waals surface area contributed by atoms with E-state index in [0.717, 1.165) is 0 Å². The highest BCUT2D eigenvalue weighted by molar-refractivity contribution is 5.26. The normalized spacial score (nSPS) is 12.1. The zero-order valence-electron chi connectivity index (χ0n) is 10.5. The SMILES string of the molecule is CC(C)[N+](C)(C)Cc1c([N+](=O)[O-])ncn1C. The molecule has 1 aromatic heterocycles. The lowest BCUT2D eigenvalue weighted by molar-refractivity contribution is -0.924. The highest BCUT2D eigenvalue weighted by Crippen LogP contribution is 2.21. The Labute approximate surface area is 95.2 Å². The van der Waals surface area contributed by atoms with E-state index in [1.54, 1.807) is 11.6 Å². The van der Waals surface area contributed by atoms with Crippen molar-refractivity contribution in [2.24, 2.45) is 7.05 Å². The van der Waals surface area contributed by atoms with Crippen LogP contribution in [-0.2, 0) is 13.6 Å². The van der Waals surface area contributed by atoms with Crippen molar-refractivity contribution in [2.75, 3.05) is 14.1 Å². The first kappa shape index (κ1) is 12.6. The molecule has 0 aliphatic heterocycles. The second-order valence-corrected chi connectivity index (χ2v) is 4.91. The maximum absolute atomic E-state index is 10.8. The van der Waals surface area contributed by atoms with Crippen LogP contribution in [-0.4, -0.2) is 39.1 Å². The van der Waals surface area contributed by atoms with Crippen molar-refractivity contribution in [1.82, 2.24) is 9.55 Å². The Hall–Kier alpha value is -1.43. The number of rotatable bonds is 4. The van der Waals surface area contributed by atoms with Gasteiger partial charge in [0.2, 0.25) is 6.33 Å². The molecule has 0 spiro atoms. The van der Waals surface area contributed by atoms with E-state index in [0.29, 0.717) is 22.8 Å². The predicted octanol–water partition coefficient (Wildman–Crippen LogP) is 1.31. The third-order valence-corrected chi connectivity index (χ3v) is 3.17. The number of nitrogens with zero attached hydrogens (tertiary/aromatic N) is 4. The highest BCUT2D eigenvalue weighted by Gasteiger charge is 2.29. The van der Waals surface area contributed by atoms with Crippen LogP contribution in [0, 0.1) is 10.1 Å². The van der Waals surface area contributed by atoms with Crippen molar-refractivity contribution in [1.29, 1.82) is 0 Å². The molecule has 16 heavy (non-hydrogen) atoms. The van der Waals surface area contributed by atoms with Gasteiger partial charge in [0.15, 0.2) is 5.69 Å². The van der Waals surface area contributed by atoms with Crippen molar-refractivity contribution in [3.63, 3.8) is 0 Å². The minimum absolute atomic E-state index is 0.0330. The fraction of sp³-hybridized carbons (Fsp3) is 0.700. The largest absolute Gasteiger partial charge is 0.390 e. The molecule has 0 N–H and O–H groups in total. The van der Waals surface area contributed by atoms with Gasteiger partial charge in [-0.3, -0.25) is 0 Å². The number of nitro groups is 1. The summed E-state index contributed by atoms with van der Waals surface area (Å²) < 4.78 is 2.42.